The molecule has 0 aliphatic carbocycles. The maximum absolute atomic E-state index is 13.3. The summed E-state index contributed by atoms with van der Waals surface area (Å²) in [5.41, 5.74) is 1.48. The van der Waals surface area contributed by atoms with Crippen molar-refractivity contribution >= 4 is 21.7 Å². The Morgan fingerprint density at radius 3 is 2.50 bits per heavy atom. The third kappa shape index (κ3) is 5.37. The number of sulfone groups is 1. The Kier molecular flexibility index (Phi) is 6.78. The highest BCUT2D eigenvalue weighted by Crippen LogP contribution is 2.27. The number of carbonyl (C=O) groups is 2. The molecule has 2 saturated heterocycles. The maximum atomic E-state index is 13.3. The summed E-state index contributed by atoms with van der Waals surface area (Å²) >= 11 is 0. The molecule has 0 bridgehead atoms. The molecule has 2 atom stereocenters. The van der Waals surface area contributed by atoms with Gasteiger partial charge in [0.1, 0.15) is 0 Å². The summed E-state index contributed by atoms with van der Waals surface area (Å²) in [6, 6.07) is 8.90. The summed E-state index contributed by atoms with van der Waals surface area (Å²) in [7, 11) is 0.780. The normalized spacial score (nSPS) is 23.0. The molecule has 0 saturated carbocycles. The molecule has 2 aliphatic heterocycles. The first-order valence-corrected chi connectivity index (χ1v) is 11.9. The Labute approximate surface area is 178 Å². The van der Waals surface area contributed by atoms with Crippen molar-refractivity contribution in [2.75, 3.05) is 45.2 Å². The fraction of sp³-hybridized carbons (Fsp3) is 0.571. The molecule has 2 amide bonds. The van der Waals surface area contributed by atoms with Gasteiger partial charge in [0.2, 0.25) is 11.8 Å². The lowest BCUT2D eigenvalue weighted by Crippen LogP contribution is -2.42. The molecule has 0 aromatic heterocycles. The highest BCUT2D eigenvalue weighted by molar-refractivity contribution is 7.91. The van der Waals surface area contributed by atoms with E-state index in [1.807, 2.05) is 31.1 Å². The lowest BCUT2D eigenvalue weighted by atomic mass is 10.1. The van der Waals surface area contributed by atoms with Gasteiger partial charge in [0.05, 0.1) is 29.1 Å². The Morgan fingerprint density at radius 1 is 1.23 bits per heavy atom. The molecule has 3 rings (SSSR count). The van der Waals surface area contributed by atoms with Crippen LogP contribution in [-0.4, -0.2) is 86.2 Å². The maximum Gasteiger partial charge on any atom is 0.228 e. The van der Waals surface area contributed by atoms with E-state index in [2.05, 4.69) is 6.07 Å². The van der Waals surface area contributed by atoms with Crippen molar-refractivity contribution in [3.8, 4) is 6.07 Å². The van der Waals surface area contributed by atoms with Crippen molar-refractivity contribution in [1.82, 2.24) is 14.7 Å². The molecule has 2 fully saturated rings. The van der Waals surface area contributed by atoms with Crippen molar-refractivity contribution in [3.63, 3.8) is 0 Å². The average Bonchev–Trinajstić information content (AvgIpc) is 3.26. The molecule has 162 valence electrons. The highest BCUT2D eigenvalue weighted by Gasteiger charge is 2.42. The number of amides is 2. The van der Waals surface area contributed by atoms with Gasteiger partial charge in [0.25, 0.3) is 0 Å². The molecule has 2 aliphatic rings. The average molecular weight is 433 g/mol. The smallest absolute Gasteiger partial charge is 0.228 e. The largest absolute Gasteiger partial charge is 0.338 e. The third-order valence-electron chi connectivity index (χ3n) is 5.74. The number of hydrogen-bond donors (Lipinski definition) is 0. The van der Waals surface area contributed by atoms with E-state index >= 15 is 0 Å². The molecular formula is C21H28N4O4S. The summed E-state index contributed by atoms with van der Waals surface area (Å²) in [4.78, 5) is 31.2. The minimum Gasteiger partial charge on any atom is -0.338 e. The number of nitrogens with zero attached hydrogens (tertiary/aromatic N) is 4. The number of hydrogen-bond acceptors (Lipinski definition) is 6. The van der Waals surface area contributed by atoms with E-state index < -0.39 is 15.8 Å². The van der Waals surface area contributed by atoms with Gasteiger partial charge in [-0.2, -0.15) is 5.26 Å². The summed E-state index contributed by atoms with van der Waals surface area (Å²) in [5.74, 6) is -0.580. The first kappa shape index (κ1) is 22.2. The van der Waals surface area contributed by atoms with Gasteiger partial charge in [-0.1, -0.05) is 12.1 Å². The summed E-state index contributed by atoms with van der Waals surface area (Å²) in [6.07, 6.45) is 0.575. The molecule has 30 heavy (non-hydrogen) atoms. The van der Waals surface area contributed by atoms with Gasteiger partial charge >= 0.3 is 0 Å². The fourth-order valence-electron chi connectivity index (χ4n) is 4.02. The summed E-state index contributed by atoms with van der Waals surface area (Å²) in [6.45, 7) is 1.90. The number of carbonyl (C=O) groups excluding carboxylic acids is 2. The predicted molar refractivity (Wildman–Crippen MR) is 112 cm³/mol. The van der Waals surface area contributed by atoms with Gasteiger partial charge in [0, 0.05) is 38.6 Å². The Morgan fingerprint density at radius 2 is 1.93 bits per heavy atom. The number of likely N-dealkylation sites (N-methyl/N-ethyl adjacent to an activating group) is 1. The van der Waals surface area contributed by atoms with Crippen LogP contribution >= 0.6 is 0 Å². The Balaban J connectivity index is 1.70. The molecule has 0 spiro atoms. The minimum absolute atomic E-state index is 0.00473. The summed E-state index contributed by atoms with van der Waals surface area (Å²) in [5, 5.41) is 8.97. The quantitative estimate of drug-likeness (QED) is 0.621. The third-order valence-corrected chi connectivity index (χ3v) is 7.49. The van der Waals surface area contributed by atoms with Crippen LogP contribution in [0.4, 0.5) is 0 Å². The first-order chi connectivity index (χ1) is 14.2. The zero-order chi connectivity index (χ0) is 21.9. The van der Waals surface area contributed by atoms with Crippen LogP contribution in [0, 0.1) is 17.2 Å². The number of rotatable bonds is 7. The van der Waals surface area contributed by atoms with Crippen LogP contribution in [0.5, 0.6) is 0 Å². The molecule has 2 unspecified atom stereocenters. The first-order valence-electron chi connectivity index (χ1n) is 10.1. The van der Waals surface area contributed by atoms with Gasteiger partial charge in [-0.3, -0.25) is 9.59 Å². The second-order valence-corrected chi connectivity index (χ2v) is 10.6. The molecule has 2 heterocycles. The predicted octanol–water partition coefficient (Wildman–Crippen LogP) is 0.484. The zero-order valence-corrected chi connectivity index (χ0v) is 18.3. The molecule has 1 aromatic carbocycles. The zero-order valence-electron chi connectivity index (χ0n) is 17.5. The van der Waals surface area contributed by atoms with Gasteiger partial charge in [0.15, 0.2) is 9.84 Å². The second-order valence-electron chi connectivity index (χ2n) is 8.38. The minimum atomic E-state index is -3.09. The molecule has 9 heteroatoms. The van der Waals surface area contributed by atoms with Crippen LogP contribution in [0.1, 0.15) is 24.0 Å². The second kappa shape index (κ2) is 9.14. The topological polar surface area (TPSA) is 102 Å². The van der Waals surface area contributed by atoms with Crippen LogP contribution in [0.2, 0.25) is 0 Å². The van der Waals surface area contributed by atoms with Crippen molar-refractivity contribution in [2.45, 2.75) is 25.4 Å². The van der Waals surface area contributed by atoms with E-state index in [-0.39, 0.29) is 42.3 Å². The molecule has 0 N–H and O–H groups in total. The van der Waals surface area contributed by atoms with Crippen molar-refractivity contribution in [1.29, 1.82) is 5.26 Å². The van der Waals surface area contributed by atoms with E-state index in [0.717, 1.165) is 5.56 Å². The van der Waals surface area contributed by atoms with E-state index in [1.165, 1.54) is 0 Å². The highest BCUT2D eigenvalue weighted by atomic mass is 32.2. The van der Waals surface area contributed by atoms with Gasteiger partial charge in [-0.25, -0.2) is 8.42 Å². The van der Waals surface area contributed by atoms with E-state index in [1.54, 1.807) is 21.9 Å². The van der Waals surface area contributed by atoms with Crippen LogP contribution in [0.15, 0.2) is 24.3 Å². The van der Waals surface area contributed by atoms with Crippen molar-refractivity contribution in [3.05, 3.63) is 35.4 Å². The van der Waals surface area contributed by atoms with Crippen LogP contribution in [0.3, 0.4) is 0 Å². The molecule has 0 radical (unpaired) electrons. The Hall–Kier alpha value is -2.44. The van der Waals surface area contributed by atoms with E-state index in [4.69, 9.17) is 5.26 Å². The van der Waals surface area contributed by atoms with E-state index in [9.17, 15) is 18.0 Å². The lowest BCUT2D eigenvalue weighted by molar-refractivity contribution is -0.136. The van der Waals surface area contributed by atoms with E-state index in [0.29, 0.717) is 31.6 Å². The van der Waals surface area contributed by atoms with Crippen molar-refractivity contribution < 1.29 is 18.0 Å². The monoisotopic (exact) mass is 432 g/mol. The van der Waals surface area contributed by atoms with Crippen LogP contribution in [-0.2, 0) is 26.0 Å². The number of benzene rings is 1. The van der Waals surface area contributed by atoms with Gasteiger partial charge in [-0.05, 0) is 38.2 Å². The SMILES string of the molecule is CN(C)CCN(Cc1ccc(C#N)cc1)C(=O)C1CC(=O)N(C2CCS(=O)(=O)C2)C1. The number of nitriles is 1. The summed E-state index contributed by atoms with van der Waals surface area (Å²) < 4.78 is 23.6. The van der Waals surface area contributed by atoms with Crippen molar-refractivity contribution in [2.24, 2.45) is 5.92 Å². The molecule has 8 nitrogen and oxygen atoms in total. The van der Waals surface area contributed by atoms with Crippen LogP contribution < -0.4 is 0 Å². The molecule has 1 aromatic rings. The van der Waals surface area contributed by atoms with Crippen LogP contribution in [0.25, 0.3) is 0 Å². The lowest BCUT2D eigenvalue weighted by Gasteiger charge is -2.28. The van der Waals surface area contributed by atoms with Gasteiger partial charge in [-0.15, -0.1) is 0 Å². The number of likely N-dealkylation sites (tertiary alicyclic amines) is 1. The fourth-order valence-corrected chi connectivity index (χ4v) is 5.75. The standard InChI is InChI=1S/C21H28N4O4S/c1-23(2)8-9-24(13-17-5-3-16(12-22)4-6-17)21(27)18-11-20(26)25(14-18)19-7-10-30(28,29)15-19/h3-6,18-19H,7-11,13-15H2,1-2H3. The Bertz CT molecular complexity index is 937. The molecular weight excluding hydrogens is 404 g/mol. The van der Waals surface area contributed by atoms with Gasteiger partial charge < -0.3 is 14.7 Å².